The molecule has 0 N–H and O–H groups in total. The summed E-state index contributed by atoms with van der Waals surface area (Å²) < 4.78 is 41.9. The van der Waals surface area contributed by atoms with E-state index in [-0.39, 0.29) is 28.1 Å². The second-order valence-electron chi connectivity index (χ2n) is 5.41. The Balaban J connectivity index is 2.01. The molecule has 3 rings (SSSR count). The monoisotopic (exact) mass is 417 g/mol. The molecule has 1 fully saturated rings. The lowest BCUT2D eigenvalue weighted by atomic mass is 10.2. The first-order valence-electron chi connectivity index (χ1n) is 7.10. The van der Waals surface area contributed by atoms with Gasteiger partial charge in [0.1, 0.15) is 5.82 Å². The molecule has 0 aromatic heterocycles. The second kappa shape index (κ2) is 6.51. The molecule has 0 saturated heterocycles. The Bertz CT molecular complexity index is 819. The lowest BCUT2D eigenvalue weighted by molar-refractivity contribution is 0.391. The zero-order chi connectivity index (χ0) is 16.6. The van der Waals surface area contributed by atoms with Crippen molar-refractivity contribution >= 4 is 37.6 Å². The second-order valence-corrected chi connectivity index (χ2v) is 8.53. The Morgan fingerprint density at radius 1 is 1.17 bits per heavy atom. The minimum atomic E-state index is -3.74. The number of hydrogen-bond acceptors (Lipinski definition) is 2. The van der Waals surface area contributed by atoms with E-state index in [1.54, 1.807) is 24.3 Å². The van der Waals surface area contributed by atoms with E-state index in [4.69, 9.17) is 11.6 Å². The van der Waals surface area contributed by atoms with Crippen LogP contribution in [0, 0.1) is 5.82 Å². The third-order valence-electron chi connectivity index (χ3n) is 3.75. The van der Waals surface area contributed by atoms with E-state index in [0.29, 0.717) is 4.47 Å². The molecule has 0 radical (unpaired) electrons. The first-order chi connectivity index (χ1) is 10.9. The van der Waals surface area contributed by atoms with Crippen LogP contribution in [0.4, 0.5) is 4.39 Å². The van der Waals surface area contributed by atoms with Crippen molar-refractivity contribution in [3.8, 4) is 0 Å². The molecule has 7 heteroatoms. The quantitative estimate of drug-likeness (QED) is 0.712. The largest absolute Gasteiger partial charge is 0.244 e. The molecular weight excluding hydrogens is 405 g/mol. The molecule has 0 amide bonds. The normalized spacial score (nSPS) is 15.1. The van der Waals surface area contributed by atoms with Crippen LogP contribution in [0.5, 0.6) is 0 Å². The van der Waals surface area contributed by atoms with E-state index >= 15 is 0 Å². The number of benzene rings is 2. The van der Waals surface area contributed by atoms with Gasteiger partial charge in [-0.25, -0.2) is 12.8 Å². The van der Waals surface area contributed by atoms with Gasteiger partial charge < -0.3 is 0 Å². The van der Waals surface area contributed by atoms with Crippen molar-refractivity contribution in [2.45, 2.75) is 30.3 Å². The van der Waals surface area contributed by atoms with E-state index < -0.39 is 15.8 Å². The van der Waals surface area contributed by atoms with Crippen molar-refractivity contribution in [3.63, 3.8) is 0 Å². The van der Waals surface area contributed by atoms with E-state index in [2.05, 4.69) is 15.9 Å². The zero-order valence-corrected chi connectivity index (χ0v) is 15.2. The summed E-state index contributed by atoms with van der Waals surface area (Å²) in [5, 5.41) is 0.234. The summed E-state index contributed by atoms with van der Waals surface area (Å²) in [6, 6.07) is 10.9. The fourth-order valence-electron chi connectivity index (χ4n) is 2.39. The molecule has 3 nitrogen and oxygen atoms in total. The predicted octanol–water partition coefficient (Wildman–Crippen LogP) is 4.59. The van der Waals surface area contributed by atoms with Crippen LogP contribution in [-0.4, -0.2) is 18.8 Å². The predicted molar refractivity (Wildman–Crippen MR) is 91.3 cm³/mol. The summed E-state index contributed by atoms with van der Waals surface area (Å²) >= 11 is 9.33. The van der Waals surface area contributed by atoms with E-state index in [1.807, 2.05) is 0 Å². The highest BCUT2D eigenvalue weighted by Gasteiger charge is 2.39. The Morgan fingerprint density at radius 3 is 2.48 bits per heavy atom. The fraction of sp³-hybridized carbons (Fsp3) is 0.250. The number of nitrogens with zero attached hydrogens (tertiary/aromatic N) is 1. The molecule has 0 atom stereocenters. The van der Waals surface area contributed by atoms with E-state index in [0.717, 1.165) is 12.8 Å². The summed E-state index contributed by atoms with van der Waals surface area (Å²) in [5.41, 5.74) is 0.205. The van der Waals surface area contributed by atoms with Crippen molar-refractivity contribution in [1.82, 2.24) is 4.31 Å². The fourth-order valence-corrected chi connectivity index (χ4v) is 5.23. The van der Waals surface area contributed by atoms with Crippen LogP contribution in [-0.2, 0) is 16.6 Å². The van der Waals surface area contributed by atoms with Crippen LogP contribution in [0.25, 0.3) is 0 Å². The molecule has 0 unspecified atom stereocenters. The summed E-state index contributed by atoms with van der Waals surface area (Å²) in [6.07, 6.45) is 1.55. The molecule has 122 valence electrons. The minimum absolute atomic E-state index is 0.0696. The van der Waals surface area contributed by atoms with Crippen molar-refractivity contribution in [3.05, 3.63) is 63.3 Å². The SMILES string of the molecule is O=S(=O)(c1ccccc1Br)N(Cc1c(F)cccc1Cl)C1CC1. The lowest BCUT2D eigenvalue weighted by Crippen LogP contribution is -2.33. The highest BCUT2D eigenvalue weighted by Crippen LogP contribution is 2.36. The molecule has 1 aliphatic rings. The molecule has 2 aromatic rings. The van der Waals surface area contributed by atoms with Crippen molar-refractivity contribution in [1.29, 1.82) is 0 Å². The maximum atomic E-state index is 14.0. The van der Waals surface area contributed by atoms with Gasteiger partial charge in [-0.3, -0.25) is 0 Å². The van der Waals surface area contributed by atoms with Gasteiger partial charge >= 0.3 is 0 Å². The molecular formula is C16H14BrClFNO2S. The average molecular weight is 419 g/mol. The molecule has 0 aliphatic heterocycles. The first kappa shape index (κ1) is 16.9. The molecule has 2 aromatic carbocycles. The van der Waals surface area contributed by atoms with Gasteiger partial charge in [0.05, 0.1) is 4.90 Å². The number of hydrogen-bond donors (Lipinski definition) is 0. The van der Waals surface area contributed by atoms with Crippen LogP contribution >= 0.6 is 27.5 Å². The molecule has 1 aliphatic carbocycles. The summed E-state index contributed by atoms with van der Waals surface area (Å²) in [4.78, 5) is 0.180. The van der Waals surface area contributed by atoms with Gasteiger partial charge in [-0.05, 0) is 53.0 Å². The van der Waals surface area contributed by atoms with Gasteiger partial charge in [-0.15, -0.1) is 0 Å². The minimum Gasteiger partial charge on any atom is -0.207 e. The Morgan fingerprint density at radius 2 is 1.87 bits per heavy atom. The van der Waals surface area contributed by atoms with Crippen molar-refractivity contribution in [2.24, 2.45) is 0 Å². The Hall–Kier alpha value is -0.950. The average Bonchev–Trinajstić information content (AvgIpc) is 3.31. The van der Waals surface area contributed by atoms with Crippen LogP contribution in [0.2, 0.25) is 5.02 Å². The standard InChI is InChI=1S/C16H14BrClFNO2S/c17-13-4-1-2-7-16(13)23(21,22)20(11-8-9-11)10-12-14(18)5-3-6-15(12)19/h1-7,11H,8-10H2. The van der Waals surface area contributed by atoms with E-state index in [9.17, 15) is 12.8 Å². The highest BCUT2D eigenvalue weighted by atomic mass is 79.9. The van der Waals surface area contributed by atoms with Crippen molar-refractivity contribution in [2.75, 3.05) is 0 Å². The van der Waals surface area contributed by atoms with Gasteiger partial charge in [-0.2, -0.15) is 4.31 Å². The smallest absolute Gasteiger partial charge is 0.207 e. The van der Waals surface area contributed by atoms with Gasteiger partial charge in [0.25, 0.3) is 0 Å². The molecule has 1 saturated carbocycles. The number of rotatable bonds is 5. The maximum absolute atomic E-state index is 14.0. The highest BCUT2D eigenvalue weighted by molar-refractivity contribution is 9.10. The van der Waals surface area contributed by atoms with Gasteiger partial charge in [0.2, 0.25) is 10.0 Å². The zero-order valence-electron chi connectivity index (χ0n) is 12.0. The van der Waals surface area contributed by atoms with Gasteiger partial charge in [0.15, 0.2) is 0 Å². The summed E-state index contributed by atoms with van der Waals surface area (Å²) in [5.74, 6) is -0.495. The molecule has 23 heavy (non-hydrogen) atoms. The number of sulfonamides is 1. The lowest BCUT2D eigenvalue weighted by Gasteiger charge is -2.23. The Kier molecular flexibility index (Phi) is 4.78. The summed E-state index contributed by atoms with van der Waals surface area (Å²) in [7, 11) is -3.74. The van der Waals surface area contributed by atoms with Crippen LogP contribution in [0.15, 0.2) is 51.8 Å². The first-order valence-corrected chi connectivity index (χ1v) is 9.71. The van der Waals surface area contributed by atoms with Gasteiger partial charge in [0, 0.05) is 27.6 Å². The third-order valence-corrected chi connectivity index (χ3v) is 7.02. The van der Waals surface area contributed by atoms with Gasteiger partial charge in [-0.1, -0.05) is 29.8 Å². The van der Waals surface area contributed by atoms with Crippen LogP contribution in [0.3, 0.4) is 0 Å². The Labute approximate surface area is 148 Å². The molecule has 0 heterocycles. The van der Waals surface area contributed by atoms with Crippen LogP contribution in [0.1, 0.15) is 18.4 Å². The topological polar surface area (TPSA) is 37.4 Å². The van der Waals surface area contributed by atoms with E-state index in [1.165, 1.54) is 22.5 Å². The molecule has 0 spiro atoms. The van der Waals surface area contributed by atoms with Crippen LogP contribution < -0.4 is 0 Å². The maximum Gasteiger partial charge on any atom is 0.244 e. The molecule has 0 bridgehead atoms. The van der Waals surface area contributed by atoms with Crippen molar-refractivity contribution < 1.29 is 12.8 Å². The third kappa shape index (κ3) is 3.45. The number of halogens is 3. The summed E-state index contributed by atoms with van der Waals surface area (Å²) in [6.45, 7) is -0.0696.